The number of carbonyl (C=O) groups is 2. The predicted octanol–water partition coefficient (Wildman–Crippen LogP) is -0.499. The molecule has 3 N–H and O–H groups in total. The lowest BCUT2D eigenvalue weighted by atomic mass is 10.3. The summed E-state index contributed by atoms with van der Waals surface area (Å²) in [6, 6.07) is 3.80. The molecular weight excluding hydrogens is 182 g/mol. The summed E-state index contributed by atoms with van der Waals surface area (Å²) in [5.41, 5.74) is 5.87. The van der Waals surface area contributed by atoms with Crippen LogP contribution in [0.15, 0.2) is 18.3 Å². The number of nitrogens with zero attached hydrogens (tertiary/aromatic N) is 1. The third-order valence-corrected chi connectivity index (χ3v) is 1.94. The normalized spacial score (nSPS) is 9.79. The van der Waals surface area contributed by atoms with Gasteiger partial charge in [0.1, 0.15) is 0 Å². The largest absolute Gasteiger partial charge is 0.365 e. The Morgan fingerprint density at radius 3 is 2.79 bits per heavy atom. The molecule has 14 heavy (non-hydrogen) atoms. The molecule has 0 atom stereocenters. The number of hydrogen-bond acceptors (Lipinski definition) is 2. The van der Waals surface area contributed by atoms with E-state index in [1.807, 2.05) is 18.3 Å². The number of hydrogen-bond donors (Lipinski definition) is 2. The minimum absolute atomic E-state index is 0.474. The number of nitrogens with two attached hydrogens (primary N) is 1. The second kappa shape index (κ2) is 4.45. The molecule has 0 aliphatic rings. The number of nitrogens with one attached hydrogen (secondary N) is 1. The first-order valence-corrected chi connectivity index (χ1v) is 4.28. The van der Waals surface area contributed by atoms with Crippen molar-refractivity contribution in [3.8, 4) is 0 Å². The number of aromatic amines is 1. The minimum Gasteiger partial charge on any atom is -0.365 e. The Labute approximate surface area is 81.9 Å². The number of rotatable bonds is 3. The average Bonchev–Trinajstić information content (AvgIpc) is 2.65. The highest BCUT2D eigenvalue weighted by molar-refractivity contribution is 6.34. The van der Waals surface area contributed by atoms with Crippen LogP contribution in [0.5, 0.6) is 0 Å². The SMILES string of the molecule is CN(CCc1ccc[nH]1)C(=O)C(N)=O. The molecule has 1 aromatic rings. The van der Waals surface area contributed by atoms with Crippen molar-refractivity contribution in [3.05, 3.63) is 24.0 Å². The second-order valence-corrected chi connectivity index (χ2v) is 3.04. The first-order valence-electron chi connectivity index (χ1n) is 4.28. The van der Waals surface area contributed by atoms with Gasteiger partial charge in [-0.05, 0) is 12.1 Å². The first-order chi connectivity index (χ1) is 6.61. The number of carbonyl (C=O) groups excluding carboxylic acids is 2. The quantitative estimate of drug-likeness (QED) is 0.638. The fourth-order valence-corrected chi connectivity index (χ4v) is 1.10. The summed E-state index contributed by atoms with van der Waals surface area (Å²) >= 11 is 0. The van der Waals surface area contributed by atoms with Crippen LogP contribution in [-0.2, 0) is 16.0 Å². The summed E-state index contributed by atoms with van der Waals surface area (Å²) in [6.45, 7) is 0.474. The third-order valence-electron chi connectivity index (χ3n) is 1.94. The van der Waals surface area contributed by atoms with Gasteiger partial charge in [0.15, 0.2) is 0 Å². The fourth-order valence-electron chi connectivity index (χ4n) is 1.10. The van der Waals surface area contributed by atoms with E-state index in [4.69, 9.17) is 5.73 Å². The van der Waals surface area contributed by atoms with Gasteiger partial charge in [0.25, 0.3) is 0 Å². The van der Waals surface area contributed by atoms with Crippen molar-refractivity contribution in [2.45, 2.75) is 6.42 Å². The van der Waals surface area contributed by atoms with E-state index in [0.29, 0.717) is 13.0 Å². The number of likely N-dealkylation sites (N-methyl/N-ethyl adjacent to an activating group) is 1. The molecule has 2 amide bonds. The Morgan fingerprint density at radius 2 is 2.29 bits per heavy atom. The number of primary amides is 1. The molecule has 0 fully saturated rings. The smallest absolute Gasteiger partial charge is 0.311 e. The molecule has 5 heteroatoms. The monoisotopic (exact) mass is 195 g/mol. The van der Waals surface area contributed by atoms with Crippen LogP contribution in [0, 0.1) is 0 Å². The Bertz CT molecular complexity index is 319. The van der Waals surface area contributed by atoms with Gasteiger partial charge in [-0.1, -0.05) is 0 Å². The van der Waals surface area contributed by atoms with E-state index in [0.717, 1.165) is 5.69 Å². The topological polar surface area (TPSA) is 79.2 Å². The van der Waals surface area contributed by atoms with Gasteiger partial charge in [-0.25, -0.2) is 0 Å². The molecule has 0 spiro atoms. The summed E-state index contributed by atoms with van der Waals surface area (Å²) < 4.78 is 0. The van der Waals surface area contributed by atoms with E-state index in [1.165, 1.54) is 4.90 Å². The van der Waals surface area contributed by atoms with Crippen LogP contribution in [-0.4, -0.2) is 35.3 Å². The molecule has 0 saturated carbocycles. The molecule has 1 aromatic heterocycles. The Balaban J connectivity index is 2.38. The van der Waals surface area contributed by atoms with Gasteiger partial charge in [0.05, 0.1) is 0 Å². The first kappa shape index (κ1) is 10.3. The number of H-pyrrole nitrogens is 1. The highest BCUT2D eigenvalue weighted by Crippen LogP contribution is 1.97. The molecule has 0 aromatic carbocycles. The molecule has 1 heterocycles. The van der Waals surface area contributed by atoms with Gasteiger partial charge in [-0.15, -0.1) is 0 Å². The zero-order valence-corrected chi connectivity index (χ0v) is 7.99. The van der Waals surface area contributed by atoms with Gasteiger partial charge in [-0.3, -0.25) is 9.59 Å². The van der Waals surface area contributed by atoms with E-state index in [1.54, 1.807) is 7.05 Å². The molecule has 0 radical (unpaired) electrons. The van der Waals surface area contributed by atoms with Crippen molar-refractivity contribution in [2.24, 2.45) is 5.73 Å². The van der Waals surface area contributed by atoms with Crippen LogP contribution >= 0.6 is 0 Å². The minimum atomic E-state index is -0.918. The van der Waals surface area contributed by atoms with Crippen molar-refractivity contribution < 1.29 is 9.59 Å². The van der Waals surface area contributed by atoms with Crippen molar-refractivity contribution >= 4 is 11.8 Å². The van der Waals surface area contributed by atoms with Crippen LogP contribution in [0.1, 0.15) is 5.69 Å². The lowest BCUT2D eigenvalue weighted by molar-refractivity contribution is -0.143. The summed E-state index contributed by atoms with van der Waals surface area (Å²) in [5, 5.41) is 0. The van der Waals surface area contributed by atoms with Gasteiger partial charge in [0.2, 0.25) is 0 Å². The van der Waals surface area contributed by atoms with Gasteiger partial charge >= 0.3 is 11.8 Å². The van der Waals surface area contributed by atoms with E-state index >= 15 is 0 Å². The number of aromatic nitrogens is 1. The lowest BCUT2D eigenvalue weighted by Crippen LogP contribution is -2.38. The summed E-state index contributed by atoms with van der Waals surface area (Å²) in [6.07, 6.45) is 2.49. The molecular formula is C9H13N3O2. The Morgan fingerprint density at radius 1 is 1.57 bits per heavy atom. The number of amides is 2. The molecule has 1 rings (SSSR count). The van der Waals surface area contributed by atoms with E-state index in [2.05, 4.69) is 4.98 Å². The van der Waals surface area contributed by atoms with Crippen molar-refractivity contribution in [1.29, 1.82) is 0 Å². The maximum absolute atomic E-state index is 11.0. The highest BCUT2D eigenvalue weighted by Gasteiger charge is 2.14. The standard InChI is InChI=1S/C9H13N3O2/c1-12(9(14)8(10)13)6-4-7-3-2-5-11-7/h2-3,5,11H,4,6H2,1H3,(H2,10,13). The van der Waals surface area contributed by atoms with Gasteiger partial charge in [-0.2, -0.15) is 0 Å². The van der Waals surface area contributed by atoms with E-state index < -0.39 is 11.8 Å². The molecule has 76 valence electrons. The van der Waals surface area contributed by atoms with Gasteiger partial charge < -0.3 is 15.6 Å². The zero-order valence-electron chi connectivity index (χ0n) is 7.99. The summed E-state index contributed by atoms with van der Waals surface area (Å²) in [4.78, 5) is 25.9. The highest BCUT2D eigenvalue weighted by atomic mass is 16.2. The molecule has 0 aliphatic heterocycles. The zero-order chi connectivity index (χ0) is 10.6. The maximum atomic E-state index is 11.0. The van der Waals surface area contributed by atoms with Gasteiger partial charge in [0, 0.05) is 31.9 Å². The van der Waals surface area contributed by atoms with Crippen LogP contribution in [0.3, 0.4) is 0 Å². The van der Waals surface area contributed by atoms with Crippen LogP contribution in [0.4, 0.5) is 0 Å². The maximum Gasteiger partial charge on any atom is 0.311 e. The molecule has 0 bridgehead atoms. The fraction of sp³-hybridized carbons (Fsp3) is 0.333. The molecule has 5 nitrogen and oxygen atoms in total. The third kappa shape index (κ3) is 2.62. The lowest BCUT2D eigenvalue weighted by Gasteiger charge is -2.13. The molecule has 0 unspecified atom stereocenters. The molecule has 0 saturated heterocycles. The van der Waals surface area contributed by atoms with Crippen LogP contribution in [0.25, 0.3) is 0 Å². The average molecular weight is 195 g/mol. The van der Waals surface area contributed by atoms with Crippen molar-refractivity contribution in [1.82, 2.24) is 9.88 Å². The Kier molecular flexibility index (Phi) is 3.28. The summed E-state index contributed by atoms with van der Waals surface area (Å²) in [5.74, 6) is -1.57. The second-order valence-electron chi connectivity index (χ2n) is 3.04. The molecule has 0 aliphatic carbocycles. The van der Waals surface area contributed by atoms with Crippen molar-refractivity contribution in [2.75, 3.05) is 13.6 Å². The van der Waals surface area contributed by atoms with Crippen molar-refractivity contribution in [3.63, 3.8) is 0 Å². The van der Waals surface area contributed by atoms with Crippen LogP contribution < -0.4 is 5.73 Å². The van der Waals surface area contributed by atoms with E-state index in [9.17, 15) is 9.59 Å². The van der Waals surface area contributed by atoms with Crippen LogP contribution in [0.2, 0.25) is 0 Å². The summed E-state index contributed by atoms with van der Waals surface area (Å²) in [7, 11) is 1.55. The Hall–Kier alpha value is -1.78. The van der Waals surface area contributed by atoms with E-state index in [-0.39, 0.29) is 0 Å². The predicted molar refractivity (Wildman–Crippen MR) is 51.3 cm³/mol.